The number of ketones is 1. The van der Waals surface area contributed by atoms with E-state index in [2.05, 4.69) is 0 Å². The summed E-state index contributed by atoms with van der Waals surface area (Å²) in [5.41, 5.74) is -0.572. The Morgan fingerprint density at radius 2 is 1.58 bits per heavy atom. The molecule has 0 aliphatic heterocycles. The number of halogens is 4. The van der Waals surface area contributed by atoms with E-state index in [1.54, 1.807) is 6.07 Å². The van der Waals surface area contributed by atoms with E-state index < -0.39 is 23.0 Å². The third kappa shape index (κ3) is 2.48. The van der Waals surface area contributed by atoms with Crippen molar-refractivity contribution in [1.29, 1.82) is 0 Å². The fourth-order valence-electron chi connectivity index (χ4n) is 1.70. The van der Waals surface area contributed by atoms with Gasteiger partial charge in [0.05, 0.1) is 21.2 Å². The number of aryl methyl sites for hydroxylation is 1. The second kappa shape index (κ2) is 5.27. The van der Waals surface area contributed by atoms with E-state index in [-0.39, 0.29) is 21.2 Å². The van der Waals surface area contributed by atoms with Gasteiger partial charge in [0.15, 0.2) is 0 Å². The van der Waals surface area contributed by atoms with Gasteiger partial charge in [-0.2, -0.15) is 0 Å². The van der Waals surface area contributed by atoms with E-state index in [1.807, 2.05) is 0 Å². The zero-order valence-corrected chi connectivity index (χ0v) is 11.3. The predicted octanol–water partition coefficient (Wildman–Crippen LogP) is 4.81. The van der Waals surface area contributed by atoms with Gasteiger partial charge in [-0.1, -0.05) is 35.3 Å². The maximum atomic E-state index is 13.9. The fraction of sp³-hybridized carbons (Fsp3) is 0.0714. The van der Waals surface area contributed by atoms with Crippen LogP contribution in [0.15, 0.2) is 30.3 Å². The normalized spacial score (nSPS) is 10.6. The smallest absolute Gasteiger partial charge is 0.201 e. The van der Waals surface area contributed by atoms with Crippen LogP contribution >= 0.6 is 23.2 Å². The molecule has 0 spiro atoms. The third-order valence-electron chi connectivity index (χ3n) is 2.70. The summed E-state index contributed by atoms with van der Waals surface area (Å²) in [6, 6.07) is 6.72. The van der Waals surface area contributed by atoms with Gasteiger partial charge in [-0.25, -0.2) is 8.78 Å². The van der Waals surface area contributed by atoms with E-state index in [0.717, 1.165) is 6.07 Å². The van der Waals surface area contributed by atoms with E-state index >= 15 is 0 Å². The molecule has 2 rings (SSSR count). The van der Waals surface area contributed by atoms with Gasteiger partial charge < -0.3 is 0 Å². The molecule has 0 aromatic heterocycles. The average Bonchev–Trinajstić information content (AvgIpc) is 2.34. The molecule has 0 N–H and O–H groups in total. The highest BCUT2D eigenvalue weighted by Crippen LogP contribution is 2.29. The van der Waals surface area contributed by atoms with Crippen LogP contribution in [0.3, 0.4) is 0 Å². The Morgan fingerprint density at radius 1 is 1.00 bits per heavy atom. The van der Waals surface area contributed by atoms with Crippen LogP contribution in [0.25, 0.3) is 0 Å². The Kier molecular flexibility index (Phi) is 3.88. The summed E-state index contributed by atoms with van der Waals surface area (Å²) in [4.78, 5) is 12.2. The molecular formula is C14H8Cl2F2O. The number of carbonyl (C=O) groups excluding carboxylic acids is 1. The van der Waals surface area contributed by atoms with Gasteiger partial charge in [0, 0.05) is 0 Å². The molecule has 0 aliphatic rings. The minimum atomic E-state index is -0.941. The molecule has 2 aromatic rings. The summed E-state index contributed by atoms with van der Waals surface area (Å²) in [5, 5.41) is 0.107. The number of hydrogen-bond donors (Lipinski definition) is 0. The predicted molar refractivity (Wildman–Crippen MR) is 71.0 cm³/mol. The third-order valence-corrected chi connectivity index (χ3v) is 3.33. The lowest BCUT2D eigenvalue weighted by atomic mass is 10.00. The van der Waals surface area contributed by atoms with Crippen LogP contribution in [-0.4, -0.2) is 5.78 Å². The van der Waals surface area contributed by atoms with Crippen molar-refractivity contribution in [1.82, 2.24) is 0 Å². The lowest BCUT2D eigenvalue weighted by molar-refractivity contribution is 0.103. The zero-order chi connectivity index (χ0) is 14.2. The van der Waals surface area contributed by atoms with E-state index in [4.69, 9.17) is 23.2 Å². The molecule has 0 aliphatic carbocycles. The molecular weight excluding hydrogens is 293 g/mol. The Balaban J connectivity index is 2.67. The molecule has 0 heterocycles. The number of benzene rings is 2. The molecule has 0 fully saturated rings. The molecule has 5 heteroatoms. The van der Waals surface area contributed by atoms with Crippen molar-refractivity contribution in [3.63, 3.8) is 0 Å². The van der Waals surface area contributed by atoms with Crippen LogP contribution < -0.4 is 0 Å². The van der Waals surface area contributed by atoms with Crippen LogP contribution in [0.2, 0.25) is 10.0 Å². The van der Waals surface area contributed by atoms with Crippen molar-refractivity contribution >= 4 is 29.0 Å². The average molecular weight is 301 g/mol. The van der Waals surface area contributed by atoms with Crippen molar-refractivity contribution in [3.8, 4) is 0 Å². The number of hydrogen-bond acceptors (Lipinski definition) is 1. The minimum absolute atomic E-state index is 0.0535. The van der Waals surface area contributed by atoms with E-state index in [9.17, 15) is 13.6 Å². The number of carbonyl (C=O) groups is 1. The summed E-state index contributed by atoms with van der Waals surface area (Å²) >= 11 is 11.7. The van der Waals surface area contributed by atoms with Gasteiger partial charge in [-0.15, -0.1) is 0 Å². The van der Waals surface area contributed by atoms with Crippen molar-refractivity contribution in [2.75, 3.05) is 0 Å². The summed E-state index contributed by atoms with van der Waals surface area (Å²) in [5.74, 6) is -2.71. The molecule has 0 radical (unpaired) electrons. The first kappa shape index (κ1) is 14.0. The minimum Gasteiger partial charge on any atom is -0.288 e. The van der Waals surface area contributed by atoms with Crippen LogP contribution in [-0.2, 0) is 0 Å². The lowest BCUT2D eigenvalue weighted by Crippen LogP contribution is -2.10. The molecule has 0 amide bonds. The quantitative estimate of drug-likeness (QED) is 0.727. The van der Waals surface area contributed by atoms with E-state index in [1.165, 1.54) is 25.1 Å². The van der Waals surface area contributed by atoms with Crippen LogP contribution in [0, 0.1) is 18.6 Å². The molecule has 19 heavy (non-hydrogen) atoms. The molecule has 2 aromatic carbocycles. The van der Waals surface area contributed by atoms with Gasteiger partial charge >= 0.3 is 0 Å². The van der Waals surface area contributed by atoms with Gasteiger partial charge in [0.2, 0.25) is 5.78 Å². The first-order valence-corrected chi connectivity index (χ1v) is 6.12. The topological polar surface area (TPSA) is 17.1 Å². The molecule has 1 nitrogen and oxygen atoms in total. The van der Waals surface area contributed by atoms with E-state index in [0.29, 0.717) is 0 Å². The second-order valence-corrected chi connectivity index (χ2v) is 4.79. The first-order valence-electron chi connectivity index (χ1n) is 5.36. The Labute approximate surface area is 118 Å². The molecule has 0 bridgehead atoms. The maximum absolute atomic E-state index is 13.9. The first-order chi connectivity index (χ1) is 8.93. The van der Waals surface area contributed by atoms with Crippen molar-refractivity contribution < 1.29 is 13.6 Å². The largest absolute Gasteiger partial charge is 0.288 e. The lowest BCUT2D eigenvalue weighted by Gasteiger charge is -2.09. The SMILES string of the molecule is Cc1ccc(F)c(C(=O)c2c(Cl)cccc2Cl)c1F. The molecule has 0 atom stereocenters. The molecule has 0 unspecified atom stereocenters. The highest BCUT2D eigenvalue weighted by molar-refractivity contribution is 6.41. The van der Waals surface area contributed by atoms with Crippen LogP contribution in [0.1, 0.15) is 21.5 Å². The molecule has 98 valence electrons. The summed E-state index contributed by atoms with van der Waals surface area (Å²) < 4.78 is 27.6. The second-order valence-electron chi connectivity index (χ2n) is 3.98. The standard InChI is InChI=1S/C14H8Cl2F2O/c1-7-5-6-10(17)12(13(7)18)14(19)11-8(15)3-2-4-9(11)16/h2-6H,1H3. The van der Waals surface area contributed by atoms with Crippen LogP contribution in [0.5, 0.6) is 0 Å². The highest BCUT2D eigenvalue weighted by atomic mass is 35.5. The zero-order valence-electron chi connectivity index (χ0n) is 9.81. The molecule has 0 saturated carbocycles. The van der Waals surface area contributed by atoms with Crippen LogP contribution in [0.4, 0.5) is 8.78 Å². The Morgan fingerprint density at radius 3 is 2.16 bits per heavy atom. The Hall–Kier alpha value is -1.45. The highest BCUT2D eigenvalue weighted by Gasteiger charge is 2.24. The maximum Gasteiger partial charge on any atom is 0.201 e. The van der Waals surface area contributed by atoms with Crippen molar-refractivity contribution in [2.45, 2.75) is 6.92 Å². The van der Waals surface area contributed by atoms with Gasteiger partial charge in [0.25, 0.3) is 0 Å². The van der Waals surface area contributed by atoms with Crippen molar-refractivity contribution in [3.05, 3.63) is 68.7 Å². The summed E-state index contributed by atoms with van der Waals surface area (Å²) in [7, 11) is 0. The van der Waals surface area contributed by atoms with Crippen molar-refractivity contribution in [2.24, 2.45) is 0 Å². The van der Waals surface area contributed by atoms with Gasteiger partial charge in [-0.3, -0.25) is 4.79 Å². The Bertz CT molecular complexity index is 648. The molecule has 0 saturated heterocycles. The summed E-state index contributed by atoms with van der Waals surface area (Å²) in [6.45, 7) is 1.44. The fourth-order valence-corrected chi connectivity index (χ4v) is 2.27. The van der Waals surface area contributed by atoms with Gasteiger partial charge in [0.1, 0.15) is 11.6 Å². The monoisotopic (exact) mass is 300 g/mol. The van der Waals surface area contributed by atoms with Gasteiger partial charge in [-0.05, 0) is 30.7 Å². The summed E-state index contributed by atoms with van der Waals surface area (Å²) in [6.07, 6.45) is 0. The number of rotatable bonds is 2.